The second-order valence-corrected chi connectivity index (χ2v) is 58.3. The molecule has 2 atom stereocenters. The maximum atomic E-state index is 13.7. The number of nitrogens with zero attached hydrogens (tertiary/aromatic N) is 2. The molecule has 0 spiro atoms. The minimum Gasteiger partial charge on any atom is -0.384 e. The van der Waals surface area contributed by atoms with Crippen LogP contribution in [0.1, 0.15) is 119 Å². The predicted octanol–water partition coefficient (Wildman–Crippen LogP) is 3.09. The Bertz CT molecular complexity index is 3950. The second kappa shape index (κ2) is 62.7. The maximum absolute atomic E-state index is 13.7. The second-order valence-electron chi connectivity index (χ2n) is 17.7. The molecule has 4 aliphatic heterocycles. The minimum atomic E-state index is -1.07. The summed E-state index contributed by atoms with van der Waals surface area (Å²) in [6, 6.07) is 6.70. The summed E-state index contributed by atoms with van der Waals surface area (Å²) in [5.41, 5.74) is 6.00. The average molecular weight is 1840 g/mol. The van der Waals surface area contributed by atoms with E-state index in [1.165, 1.54) is 54.1 Å². The van der Waals surface area contributed by atoms with Crippen LogP contribution in [0.25, 0.3) is 0 Å². The van der Waals surface area contributed by atoms with Crippen molar-refractivity contribution in [3.8, 4) is 0 Å². The van der Waals surface area contributed by atoms with Crippen LogP contribution in [0.3, 0.4) is 0 Å². The van der Waals surface area contributed by atoms with E-state index >= 15 is 0 Å². The fourth-order valence-electron chi connectivity index (χ4n) is 7.51. The molecule has 0 saturated carbocycles. The first-order valence-electron chi connectivity index (χ1n) is 27.9. The summed E-state index contributed by atoms with van der Waals surface area (Å²) >= 11 is 18.8. The molecule has 8 amide bonds. The van der Waals surface area contributed by atoms with Crippen molar-refractivity contribution < 1.29 is 71.2 Å². The van der Waals surface area contributed by atoms with Gasteiger partial charge in [-0.1, -0.05) is 38.8 Å². The normalized spacial score (nSPS) is 14.6. The summed E-state index contributed by atoms with van der Waals surface area (Å²) in [4.78, 5) is 98.4. The Labute approximate surface area is 642 Å². The van der Waals surface area contributed by atoms with Crippen molar-refractivity contribution in [1.82, 2.24) is 20.4 Å². The number of rotatable bonds is 28. The van der Waals surface area contributed by atoms with E-state index < -0.39 is 65.2 Å². The highest BCUT2D eigenvalue weighted by Crippen LogP contribution is 2.33. The van der Waals surface area contributed by atoms with Crippen LogP contribution in [0.2, 0.25) is 0 Å². The Hall–Kier alpha value is 0.390. The van der Waals surface area contributed by atoms with Gasteiger partial charge in [-0.3, -0.25) is 58.8 Å². The number of carbonyl (C=O) groups excluding carboxylic acids is 8. The summed E-state index contributed by atoms with van der Waals surface area (Å²) in [7, 11) is 38.0. The van der Waals surface area contributed by atoms with Crippen molar-refractivity contribution in [2.24, 2.45) is 5.73 Å². The summed E-state index contributed by atoms with van der Waals surface area (Å²) in [5.74, 6) is -5.56. The van der Waals surface area contributed by atoms with Crippen LogP contribution < -0.4 is 21.7 Å². The summed E-state index contributed by atoms with van der Waals surface area (Å²) in [6.07, 6.45) is 6.40. The molecule has 2 fully saturated rings. The Morgan fingerprint density at radius 1 is 0.448 bits per heavy atom. The lowest BCUT2D eigenvalue weighted by molar-refractivity contribution is -0.137. The van der Waals surface area contributed by atoms with Gasteiger partial charge in [-0.05, 0) is 69.3 Å². The first kappa shape index (κ1) is 92.5. The van der Waals surface area contributed by atoms with E-state index in [4.69, 9.17) is 78.9 Å². The fourth-order valence-corrected chi connectivity index (χ4v) is 59.7. The first-order valence-corrected chi connectivity index (χ1v) is 61.2. The topological polar surface area (TPSA) is 261 Å². The number of fused-ring (bicyclic) bond motifs is 2. The summed E-state index contributed by atoms with van der Waals surface area (Å²) < 4.78 is 46.0. The van der Waals surface area contributed by atoms with Crippen molar-refractivity contribution >= 4 is 302 Å². The molecule has 4 aliphatic rings. The van der Waals surface area contributed by atoms with E-state index in [0.29, 0.717) is 84.7 Å². The van der Waals surface area contributed by atoms with Crippen molar-refractivity contribution in [2.45, 2.75) is 90.1 Å². The number of imide groups is 4. The molecule has 4 heterocycles. The SMILES string of the molecule is CCCCOCCOCCOCCCN.CCCCOCCOCCOCCCNc1cccc2c1C(=O)N(C1CCC(=O)NC1=O)C2=O.O=C1CCC(N2C(=O)c3cccc(F)c3C2=O)C(=O)N1.S=S=S=S=S=S=S=S=S=S=S=S=S.S=S=S=S=S=S=S=S=S=S=S=S=S=S. The fraction of sp³-hybridized carbons (Fsp3) is 0.583. The van der Waals surface area contributed by atoms with Gasteiger partial charge in [-0.25, -0.2) is 4.39 Å². The van der Waals surface area contributed by atoms with Crippen LogP contribution in [0.5, 0.6) is 0 Å². The lowest BCUT2D eigenvalue weighted by Crippen LogP contribution is -2.54. The molecule has 2 aromatic rings. The van der Waals surface area contributed by atoms with Gasteiger partial charge in [0, 0.05) is 301 Å². The summed E-state index contributed by atoms with van der Waals surface area (Å²) in [6.45, 7) is 13.1. The highest BCUT2D eigenvalue weighted by molar-refractivity contribution is 8.77. The number of nitrogens with two attached hydrogens (primary N) is 1. The highest BCUT2D eigenvalue weighted by atomic mass is 33.5. The molecule has 542 valence electrons. The number of amides is 8. The number of hydrogen-bond acceptors (Lipinski definition) is 20. The van der Waals surface area contributed by atoms with Gasteiger partial charge in [0.2, 0.25) is 23.6 Å². The number of unbranched alkanes of at least 4 members (excludes halogenated alkanes) is 2. The molecular formula is C48H67FN6O14S27. The molecule has 0 radical (unpaired) electrons. The van der Waals surface area contributed by atoms with Gasteiger partial charge in [0.05, 0.1) is 75.1 Å². The number of piperidine rings is 2. The van der Waals surface area contributed by atoms with Crippen LogP contribution in [0, 0.1) is 5.82 Å². The largest absolute Gasteiger partial charge is 0.384 e. The molecule has 48 heteroatoms. The van der Waals surface area contributed by atoms with Gasteiger partial charge in [-0.2, -0.15) is 0 Å². The molecule has 0 aromatic heterocycles. The molecule has 96 heavy (non-hydrogen) atoms. The minimum absolute atomic E-state index is 0.0340. The van der Waals surface area contributed by atoms with Gasteiger partial charge >= 0.3 is 0 Å². The Balaban J connectivity index is 0.000000435. The van der Waals surface area contributed by atoms with Crippen LogP contribution in [0.4, 0.5) is 10.1 Å². The maximum Gasteiger partial charge on any atom is 0.265 e. The van der Waals surface area contributed by atoms with Crippen molar-refractivity contribution in [1.29, 1.82) is 0 Å². The number of ether oxygens (including phenoxy) is 6. The number of carbonyl (C=O) groups is 8. The molecular weight excluding hydrogens is 1770 g/mol. The van der Waals surface area contributed by atoms with Gasteiger partial charge in [0.25, 0.3) is 23.6 Å². The zero-order valence-electron chi connectivity index (χ0n) is 50.7. The zero-order valence-corrected chi connectivity index (χ0v) is 72.7. The molecule has 2 aromatic carbocycles. The van der Waals surface area contributed by atoms with Crippen LogP contribution in [-0.4, -0.2) is 162 Å². The third-order valence-corrected chi connectivity index (χ3v) is 58.2. The van der Waals surface area contributed by atoms with E-state index in [1.54, 1.807) is 187 Å². The number of halogens is 1. The smallest absolute Gasteiger partial charge is 0.265 e. The Kier molecular flexibility index (Phi) is 60.4. The Morgan fingerprint density at radius 3 is 1.11 bits per heavy atom. The van der Waals surface area contributed by atoms with Crippen LogP contribution in [0.15, 0.2) is 36.4 Å². The monoisotopic (exact) mass is 1830 g/mol. The van der Waals surface area contributed by atoms with E-state index in [2.05, 4.69) is 29.8 Å². The van der Waals surface area contributed by atoms with Gasteiger partial charge in [-0.15, -0.1) is 0 Å². The molecule has 5 N–H and O–H groups in total. The zero-order chi connectivity index (χ0) is 70.2. The molecule has 0 aliphatic carbocycles. The van der Waals surface area contributed by atoms with Gasteiger partial charge in [0.1, 0.15) is 17.9 Å². The lowest BCUT2D eigenvalue weighted by Gasteiger charge is -2.27. The lowest BCUT2D eigenvalue weighted by atomic mass is 10.0. The Morgan fingerprint density at radius 2 is 0.771 bits per heavy atom. The first-order chi connectivity index (χ1) is 46.8. The van der Waals surface area contributed by atoms with E-state index in [0.717, 1.165) is 61.4 Å². The molecule has 20 nitrogen and oxygen atoms in total. The summed E-state index contributed by atoms with van der Waals surface area (Å²) in [5, 5.41) is 7.46. The van der Waals surface area contributed by atoms with Crippen molar-refractivity contribution in [2.75, 3.05) is 97.7 Å². The van der Waals surface area contributed by atoms with Gasteiger partial charge < -0.3 is 39.5 Å². The van der Waals surface area contributed by atoms with E-state index in [9.17, 15) is 42.7 Å². The van der Waals surface area contributed by atoms with E-state index in [1.807, 2.05) is 0 Å². The molecule has 6 rings (SSSR count). The van der Waals surface area contributed by atoms with Crippen molar-refractivity contribution in [3.05, 3.63) is 64.5 Å². The number of benzene rings is 2. The molecule has 0 bridgehead atoms. The number of anilines is 1. The van der Waals surface area contributed by atoms with Gasteiger partial charge in [0.15, 0.2) is 0 Å². The highest BCUT2D eigenvalue weighted by Gasteiger charge is 2.47. The van der Waals surface area contributed by atoms with Crippen molar-refractivity contribution in [3.63, 3.8) is 0 Å². The van der Waals surface area contributed by atoms with Crippen LogP contribution >= 0.6 is 0 Å². The quantitative estimate of drug-likeness (QED) is 0.0705. The predicted molar refractivity (Wildman–Crippen MR) is 447 cm³/mol. The number of hydrogen-bond donors (Lipinski definition) is 4. The average Bonchev–Trinajstić information content (AvgIpc) is 1.62. The third kappa shape index (κ3) is 40.6. The van der Waals surface area contributed by atoms with Crippen LogP contribution in [-0.2, 0) is 297 Å². The molecule has 2 unspecified atom stereocenters. The van der Waals surface area contributed by atoms with E-state index in [-0.39, 0.29) is 47.9 Å². The molecule has 2 saturated heterocycles. The number of nitrogens with one attached hydrogen (secondary N) is 3. The standard InChI is InChI=1S/C24H33N3O7.C13H9FN2O4.C11H25NO3.S14.S13/c1-2-3-11-32-13-15-34-16-14-33-12-5-10-25-18-7-4-6-17-21(18)24(31)27(23(17)30)19-8-9-20(28)26-22(19)29;14-7-3-1-2-6-10(7)13(20)16(12(6)19)8-4-5-9(17)15-11(8)18;1-2-3-6-13-8-10-15-11-9-14-7-4-5-12;1-3-5-7-9-11-13-14-12-10-8-6-4-2;1-3-5-7-9-11-13-12-10-8-6-4-2/h4,6-7,19,25H,2-3,5,8-16H2,1H3,(H,26,28,29);1-3,8H,4-5H2,(H,15,17,18);2-12H2,1H3;;. The third-order valence-electron chi connectivity index (χ3n) is 11.5.